The fourth-order valence-corrected chi connectivity index (χ4v) is 0.750. The van der Waals surface area contributed by atoms with Gasteiger partial charge in [0.2, 0.25) is 6.29 Å². The zero-order chi connectivity index (χ0) is 7.40. The van der Waals surface area contributed by atoms with E-state index in [9.17, 15) is 4.79 Å². The smallest absolute Gasteiger partial charge is 0.203 e. The van der Waals surface area contributed by atoms with Crippen LogP contribution in [0.2, 0.25) is 0 Å². The molecule has 0 aliphatic heterocycles. The van der Waals surface area contributed by atoms with Gasteiger partial charge in [-0.1, -0.05) is 12.1 Å². The first kappa shape index (κ1) is 6.81. The first-order valence-electron chi connectivity index (χ1n) is 2.96. The largest absolute Gasteiger partial charge is 0.508 e. The highest BCUT2D eigenvalue weighted by molar-refractivity contribution is 5.56. The molecular weight excluding hydrogens is 128 g/mol. The van der Waals surface area contributed by atoms with Crippen molar-refractivity contribution >= 4 is 6.29 Å². The van der Waals surface area contributed by atoms with Gasteiger partial charge >= 0.3 is 0 Å². The average molecular weight is 135 g/mol. The first-order valence-corrected chi connectivity index (χ1v) is 2.96. The summed E-state index contributed by atoms with van der Waals surface area (Å²) in [5.41, 5.74) is 0.787. The van der Waals surface area contributed by atoms with E-state index in [1.807, 2.05) is 0 Å². The zero-order valence-electron chi connectivity index (χ0n) is 5.37. The van der Waals surface area contributed by atoms with Gasteiger partial charge in [0.15, 0.2) is 0 Å². The number of hydrogen-bond acceptors (Lipinski definition) is 2. The van der Waals surface area contributed by atoms with E-state index in [1.54, 1.807) is 30.6 Å². The molecule has 0 fully saturated rings. The van der Waals surface area contributed by atoms with E-state index >= 15 is 0 Å². The van der Waals surface area contributed by atoms with Crippen LogP contribution < -0.4 is 0 Å². The van der Waals surface area contributed by atoms with Gasteiger partial charge in [-0.3, -0.25) is 4.79 Å². The summed E-state index contributed by atoms with van der Waals surface area (Å²) in [6.07, 6.45) is 1.99. The number of hydrogen-bond donors (Lipinski definition) is 1. The highest BCUT2D eigenvalue weighted by Gasteiger charge is 1.91. The maximum absolute atomic E-state index is 9.88. The molecule has 0 unspecified atom stereocenters. The monoisotopic (exact) mass is 135 g/mol. The number of benzene rings is 1. The first-order chi connectivity index (χ1) is 4.83. The third kappa shape index (κ3) is 1.58. The molecule has 51 valence electrons. The van der Waals surface area contributed by atoms with E-state index < -0.39 is 0 Å². The highest BCUT2D eigenvalue weighted by Crippen LogP contribution is 2.10. The maximum atomic E-state index is 9.88. The molecule has 0 aliphatic rings. The van der Waals surface area contributed by atoms with Crippen molar-refractivity contribution in [2.24, 2.45) is 0 Å². The molecule has 0 spiro atoms. The normalized spacial score (nSPS) is 9.20. The average Bonchev–Trinajstić information content (AvgIpc) is 1.88. The van der Waals surface area contributed by atoms with Crippen LogP contribution in [-0.4, -0.2) is 11.4 Å². The van der Waals surface area contributed by atoms with E-state index in [1.165, 1.54) is 0 Å². The lowest BCUT2D eigenvalue weighted by atomic mass is 10.2. The lowest BCUT2D eigenvalue weighted by Crippen LogP contribution is -1.83. The van der Waals surface area contributed by atoms with Crippen molar-refractivity contribution in [3.8, 4) is 5.75 Å². The second-order valence-corrected chi connectivity index (χ2v) is 1.99. The topological polar surface area (TPSA) is 37.3 Å². The van der Waals surface area contributed by atoms with Gasteiger partial charge in [-0.15, -0.1) is 0 Å². The fourth-order valence-electron chi connectivity index (χ4n) is 0.750. The lowest BCUT2D eigenvalue weighted by Gasteiger charge is -1.93. The van der Waals surface area contributed by atoms with Crippen molar-refractivity contribution in [2.75, 3.05) is 0 Å². The Balaban J connectivity index is 2.84. The summed E-state index contributed by atoms with van der Waals surface area (Å²) in [7, 11) is 0. The number of carbonyl (C=O) groups excluding carboxylic acids is 1. The zero-order valence-corrected chi connectivity index (χ0v) is 5.37. The molecule has 0 saturated carbocycles. The summed E-state index contributed by atoms with van der Waals surface area (Å²) in [5, 5.41) is 8.91. The number of aromatic hydroxyl groups is 1. The SMILES string of the molecule is O=[C]Cc1cccc(O)c1. The number of phenolic OH excluding ortho intramolecular Hbond substituents is 1. The molecule has 0 aromatic heterocycles. The molecule has 2 heteroatoms. The standard InChI is InChI=1S/C8H7O2/c9-5-4-7-2-1-3-8(10)6-7/h1-3,6,10H,4H2. The molecule has 0 aliphatic carbocycles. The molecule has 1 radical (unpaired) electrons. The van der Waals surface area contributed by atoms with Gasteiger partial charge in [-0.05, 0) is 17.7 Å². The summed E-state index contributed by atoms with van der Waals surface area (Å²) < 4.78 is 0. The van der Waals surface area contributed by atoms with Crippen molar-refractivity contribution < 1.29 is 9.90 Å². The predicted octanol–water partition coefficient (Wildman–Crippen LogP) is 1.04. The minimum atomic E-state index is 0.188. The van der Waals surface area contributed by atoms with Crippen LogP contribution in [0.15, 0.2) is 24.3 Å². The molecule has 0 heterocycles. The Morgan fingerprint density at radius 2 is 2.30 bits per heavy atom. The van der Waals surface area contributed by atoms with Gasteiger partial charge in [0.1, 0.15) is 5.75 Å². The van der Waals surface area contributed by atoms with Crippen LogP contribution in [0, 0.1) is 0 Å². The summed E-state index contributed by atoms with van der Waals surface area (Å²) in [5.74, 6) is 0.188. The van der Waals surface area contributed by atoms with Crippen LogP contribution in [-0.2, 0) is 11.2 Å². The highest BCUT2D eigenvalue weighted by atomic mass is 16.3. The molecule has 1 aromatic rings. The minimum absolute atomic E-state index is 0.188. The molecular formula is C8H7O2. The van der Waals surface area contributed by atoms with Crippen molar-refractivity contribution in [1.29, 1.82) is 0 Å². The third-order valence-electron chi connectivity index (χ3n) is 1.19. The molecule has 2 nitrogen and oxygen atoms in total. The van der Waals surface area contributed by atoms with E-state index in [0.717, 1.165) is 5.56 Å². The molecule has 1 aromatic carbocycles. The second-order valence-electron chi connectivity index (χ2n) is 1.99. The molecule has 0 saturated heterocycles. The van der Waals surface area contributed by atoms with Crippen molar-refractivity contribution in [2.45, 2.75) is 6.42 Å². The van der Waals surface area contributed by atoms with Crippen LogP contribution in [0.3, 0.4) is 0 Å². The van der Waals surface area contributed by atoms with Gasteiger partial charge in [-0.2, -0.15) is 0 Å². The van der Waals surface area contributed by atoms with Crippen LogP contribution in [0.4, 0.5) is 0 Å². The molecule has 0 bridgehead atoms. The quantitative estimate of drug-likeness (QED) is 0.658. The van der Waals surface area contributed by atoms with Crippen LogP contribution in [0.1, 0.15) is 5.56 Å². The Kier molecular flexibility index (Phi) is 2.05. The lowest BCUT2D eigenvalue weighted by molar-refractivity contribution is 0.474. The summed E-state index contributed by atoms with van der Waals surface area (Å²) in [6.45, 7) is 0. The van der Waals surface area contributed by atoms with E-state index in [-0.39, 0.29) is 12.2 Å². The van der Waals surface area contributed by atoms with E-state index in [2.05, 4.69) is 0 Å². The van der Waals surface area contributed by atoms with Crippen LogP contribution >= 0.6 is 0 Å². The Hall–Kier alpha value is -1.31. The van der Waals surface area contributed by atoms with Crippen molar-refractivity contribution in [3.63, 3.8) is 0 Å². The molecule has 1 N–H and O–H groups in total. The van der Waals surface area contributed by atoms with Crippen molar-refractivity contribution in [3.05, 3.63) is 29.8 Å². The van der Waals surface area contributed by atoms with Crippen molar-refractivity contribution in [1.82, 2.24) is 0 Å². The van der Waals surface area contributed by atoms with Gasteiger partial charge in [0, 0.05) is 6.42 Å². The summed E-state index contributed by atoms with van der Waals surface area (Å²) in [6, 6.07) is 6.58. The van der Waals surface area contributed by atoms with Crippen LogP contribution in [0.5, 0.6) is 5.75 Å². The molecule has 10 heavy (non-hydrogen) atoms. The summed E-state index contributed by atoms with van der Waals surface area (Å²) in [4.78, 5) is 9.88. The number of phenols is 1. The molecule has 0 atom stereocenters. The van der Waals surface area contributed by atoms with Gasteiger partial charge in [0.25, 0.3) is 0 Å². The Morgan fingerprint density at radius 3 is 2.90 bits per heavy atom. The molecule has 1 rings (SSSR count). The second kappa shape index (κ2) is 3.01. The fraction of sp³-hybridized carbons (Fsp3) is 0.125. The Bertz CT molecular complexity index is 230. The van der Waals surface area contributed by atoms with E-state index in [4.69, 9.17) is 5.11 Å². The van der Waals surface area contributed by atoms with Crippen LogP contribution in [0.25, 0.3) is 0 Å². The number of rotatable bonds is 2. The minimum Gasteiger partial charge on any atom is -0.508 e. The van der Waals surface area contributed by atoms with Gasteiger partial charge < -0.3 is 5.11 Å². The maximum Gasteiger partial charge on any atom is 0.203 e. The van der Waals surface area contributed by atoms with Gasteiger partial charge in [0.05, 0.1) is 0 Å². The third-order valence-corrected chi connectivity index (χ3v) is 1.19. The molecule has 0 amide bonds. The Labute approximate surface area is 59.1 Å². The summed E-state index contributed by atoms with van der Waals surface area (Å²) >= 11 is 0. The predicted molar refractivity (Wildman–Crippen MR) is 37.5 cm³/mol. The van der Waals surface area contributed by atoms with Gasteiger partial charge in [-0.25, -0.2) is 0 Å². The Morgan fingerprint density at radius 1 is 1.50 bits per heavy atom. The van der Waals surface area contributed by atoms with E-state index in [0.29, 0.717) is 0 Å².